The standard InChI is InChI=1S/C56H70N8O9S/c1-35(2)42-10-5-6-11-43(42)46-12-8-24-63(46)40-31-56(32-40)20-25-62(26-21-56)38-13-14-44(48(28-38)73-50-27-37-17-22-57-52(37)59-54(50)72-33-39-9-7-23-61(39)4)53(65)60-74(69,70)41-29-47(64(67)68)51-49(30-41)71-34-45(58-51)36-15-18-55(3,66)19-16-36/h5-6,10-11,13-14,17,22,27-30,35-36,39-40,45-46,58,66H,7-9,12,15-16,18-21,23-26,31-34H2,1-4H3,(H,57,59)(H,60,65)/t36-,39-,45-,46-,55-/m1/s1. The number of nitro benzene ring substituents is 1. The fourth-order valence-corrected chi connectivity index (χ4v) is 14.0. The molecule has 2 saturated carbocycles. The van der Waals surface area contributed by atoms with Gasteiger partial charge in [-0.15, -0.1) is 0 Å². The molecule has 6 heterocycles. The highest BCUT2D eigenvalue weighted by molar-refractivity contribution is 7.90. The Hall–Kier alpha value is -5.95. The molecular weight excluding hydrogens is 961 g/mol. The number of pyridine rings is 1. The van der Waals surface area contributed by atoms with Crippen molar-refractivity contribution >= 4 is 44.0 Å². The fraction of sp³-hybridized carbons (Fsp3) is 0.536. The zero-order chi connectivity index (χ0) is 51.5. The number of benzene rings is 3. The molecule has 74 heavy (non-hydrogen) atoms. The minimum absolute atomic E-state index is 0.00295. The summed E-state index contributed by atoms with van der Waals surface area (Å²) >= 11 is 0. The lowest BCUT2D eigenvalue weighted by Crippen LogP contribution is -2.54. The number of likely N-dealkylation sites (N-methyl/N-ethyl adjacent to an activating group) is 1. The van der Waals surface area contributed by atoms with Gasteiger partial charge in [0.05, 0.1) is 27.0 Å². The monoisotopic (exact) mass is 1030 g/mol. The van der Waals surface area contributed by atoms with E-state index in [1.54, 1.807) is 24.4 Å². The quantitative estimate of drug-likeness (QED) is 0.0604. The Balaban J connectivity index is 0.845. The van der Waals surface area contributed by atoms with Crippen molar-refractivity contribution in [2.45, 2.75) is 138 Å². The molecule has 3 aromatic carbocycles. The SMILES string of the molecule is CC(C)c1ccccc1[C@H]1CCCN1C1CC2(CCN(c3ccc(C(=O)NS(=O)(=O)c4cc5c(c([N+](=O)[O-])c4)N[C@@H]([C@H]4CC[C@](C)(O)CC4)CO5)c(Oc4cc5cc[nH]c5nc4OC[C@H]4CCCN4C)c3)CC2)C1. The number of nitro groups is 1. The van der Waals surface area contributed by atoms with Gasteiger partial charge < -0.3 is 39.4 Å². The van der Waals surface area contributed by atoms with Crippen LogP contribution in [0.5, 0.6) is 23.1 Å². The number of H-pyrrole nitrogens is 1. The van der Waals surface area contributed by atoms with Crippen LogP contribution in [0.15, 0.2) is 77.8 Å². The Morgan fingerprint density at radius 2 is 1.74 bits per heavy atom. The molecule has 2 aliphatic carbocycles. The van der Waals surface area contributed by atoms with Crippen LogP contribution >= 0.6 is 0 Å². The van der Waals surface area contributed by atoms with Crippen LogP contribution in [-0.2, 0) is 10.0 Å². The maximum Gasteiger partial charge on any atom is 0.297 e. The van der Waals surface area contributed by atoms with Crippen LogP contribution in [0.2, 0.25) is 0 Å². The van der Waals surface area contributed by atoms with E-state index in [0.717, 1.165) is 69.0 Å². The molecule has 18 heteroatoms. The average molecular weight is 1030 g/mol. The highest BCUT2D eigenvalue weighted by atomic mass is 32.2. The lowest BCUT2D eigenvalue weighted by Gasteiger charge is -2.56. The number of nitrogens with zero attached hydrogens (tertiary/aromatic N) is 5. The molecule has 4 aliphatic heterocycles. The number of carbonyl (C=O) groups excluding carboxylic acids is 1. The van der Waals surface area contributed by atoms with Gasteiger partial charge in [-0.3, -0.25) is 19.8 Å². The predicted octanol–water partition coefficient (Wildman–Crippen LogP) is 9.68. The maximum absolute atomic E-state index is 14.5. The molecule has 3 atom stereocenters. The van der Waals surface area contributed by atoms with Gasteiger partial charge in [-0.25, -0.2) is 13.1 Å². The van der Waals surface area contributed by atoms with Gasteiger partial charge in [0.2, 0.25) is 0 Å². The van der Waals surface area contributed by atoms with Crippen molar-refractivity contribution in [1.29, 1.82) is 0 Å². The van der Waals surface area contributed by atoms with Crippen molar-refractivity contribution in [2.75, 3.05) is 56.7 Å². The van der Waals surface area contributed by atoms with Crippen LogP contribution in [-0.4, -0.2) is 114 Å². The van der Waals surface area contributed by atoms with Crippen LogP contribution in [0.3, 0.4) is 0 Å². The normalized spacial score (nSPS) is 25.4. The number of piperidine rings is 1. The molecule has 11 rings (SSSR count). The minimum Gasteiger partial charge on any atom is -0.489 e. The number of rotatable bonds is 14. The number of amides is 1. The van der Waals surface area contributed by atoms with Gasteiger partial charge in [0.15, 0.2) is 17.2 Å². The lowest BCUT2D eigenvalue weighted by atomic mass is 9.59. The number of aliphatic hydroxyl groups is 1. The number of aromatic nitrogens is 2. The summed E-state index contributed by atoms with van der Waals surface area (Å²) in [7, 11) is -2.65. The largest absolute Gasteiger partial charge is 0.489 e. The molecule has 0 bridgehead atoms. The van der Waals surface area contributed by atoms with E-state index < -0.39 is 37.0 Å². The van der Waals surface area contributed by atoms with Crippen LogP contribution < -0.4 is 29.1 Å². The summed E-state index contributed by atoms with van der Waals surface area (Å²) in [6.45, 7) is 10.6. The second kappa shape index (κ2) is 20.0. The summed E-state index contributed by atoms with van der Waals surface area (Å²) in [5.74, 6) is 0.168. The Morgan fingerprint density at radius 3 is 2.49 bits per heavy atom. The third-order valence-corrected chi connectivity index (χ3v) is 18.8. The Bertz CT molecular complexity index is 3030. The van der Waals surface area contributed by atoms with E-state index in [9.17, 15) is 28.4 Å². The first-order valence-corrected chi connectivity index (χ1v) is 28.2. The summed E-state index contributed by atoms with van der Waals surface area (Å²) in [4.78, 5) is 41.2. The van der Waals surface area contributed by atoms with E-state index in [1.807, 2.05) is 19.1 Å². The molecule has 5 aromatic rings. The van der Waals surface area contributed by atoms with Gasteiger partial charge >= 0.3 is 0 Å². The number of ether oxygens (including phenoxy) is 3. The minimum atomic E-state index is -4.72. The number of hydrogen-bond donors (Lipinski definition) is 4. The first-order valence-electron chi connectivity index (χ1n) is 26.8. The van der Waals surface area contributed by atoms with E-state index in [1.165, 1.54) is 42.9 Å². The predicted molar refractivity (Wildman–Crippen MR) is 283 cm³/mol. The van der Waals surface area contributed by atoms with Crippen LogP contribution in [0, 0.1) is 21.4 Å². The Labute approximate surface area is 433 Å². The van der Waals surface area contributed by atoms with Crippen molar-refractivity contribution in [3.05, 3.63) is 99.7 Å². The number of nitrogens with one attached hydrogen (secondary N) is 3. The molecule has 5 fully saturated rings. The highest BCUT2D eigenvalue weighted by Gasteiger charge is 2.50. The second-order valence-electron chi connectivity index (χ2n) is 22.7. The molecule has 3 saturated heterocycles. The highest BCUT2D eigenvalue weighted by Crippen LogP contribution is 2.55. The van der Waals surface area contributed by atoms with Gasteiger partial charge in [-0.05, 0) is 157 Å². The number of aromatic amines is 1. The summed E-state index contributed by atoms with van der Waals surface area (Å²) in [5.41, 5.74) is 3.40. The van der Waals surface area contributed by atoms with E-state index >= 15 is 0 Å². The van der Waals surface area contributed by atoms with Gasteiger partial charge in [-0.1, -0.05) is 38.1 Å². The fourth-order valence-electron chi connectivity index (χ4n) is 13.0. The van der Waals surface area contributed by atoms with Gasteiger partial charge in [0.25, 0.3) is 27.5 Å². The first-order chi connectivity index (χ1) is 35.5. The van der Waals surface area contributed by atoms with Crippen molar-refractivity contribution in [3.8, 4) is 23.1 Å². The average Bonchev–Trinajstić information content (AvgIpc) is 4.15. The molecule has 2 aromatic heterocycles. The number of anilines is 2. The van der Waals surface area contributed by atoms with E-state index in [2.05, 4.69) is 74.9 Å². The van der Waals surface area contributed by atoms with Crippen LogP contribution in [0.1, 0.15) is 131 Å². The molecule has 17 nitrogen and oxygen atoms in total. The third-order valence-electron chi connectivity index (χ3n) is 17.5. The van der Waals surface area contributed by atoms with E-state index in [0.29, 0.717) is 55.9 Å². The summed E-state index contributed by atoms with van der Waals surface area (Å²) in [6, 6.07) is 20.9. The van der Waals surface area contributed by atoms with Gasteiger partial charge in [-0.2, -0.15) is 4.98 Å². The van der Waals surface area contributed by atoms with Crippen LogP contribution in [0.25, 0.3) is 11.0 Å². The zero-order valence-electron chi connectivity index (χ0n) is 43.0. The molecule has 4 N–H and O–H groups in total. The number of hydrogen-bond acceptors (Lipinski definition) is 14. The van der Waals surface area contributed by atoms with E-state index in [4.69, 9.17) is 19.2 Å². The lowest BCUT2D eigenvalue weighted by molar-refractivity contribution is -0.384. The number of carbonyl (C=O) groups is 1. The Morgan fingerprint density at radius 1 is 0.973 bits per heavy atom. The molecule has 0 unspecified atom stereocenters. The summed E-state index contributed by atoms with van der Waals surface area (Å²) in [5, 5.41) is 27.1. The number of sulfonamides is 1. The van der Waals surface area contributed by atoms with Crippen molar-refractivity contribution in [2.24, 2.45) is 11.3 Å². The molecule has 394 valence electrons. The number of fused-ring (bicyclic) bond motifs is 2. The zero-order valence-corrected chi connectivity index (χ0v) is 43.8. The molecule has 6 aliphatic rings. The van der Waals surface area contributed by atoms with Crippen molar-refractivity contribution in [1.82, 2.24) is 24.5 Å². The topological polar surface area (TPSA) is 205 Å². The molecular formula is C56H70N8O9S. The van der Waals surface area contributed by atoms with E-state index in [-0.39, 0.29) is 64.4 Å². The molecule has 1 spiro atoms. The van der Waals surface area contributed by atoms with Gasteiger partial charge in [0, 0.05) is 66.7 Å². The summed E-state index contributed by atoms with van der Waals surface area (Å²) < 4.78 is 49.8. The van der Waals surface area contributed by atoms with Crippen molar-refractivity contribution in [3.63, 3.8) is 0 Å². The summed E-state index contributed by atoms with van der Waals surface area (Å²) in [6.07, 6.45) is 13.2. The molecule has 1 amide bonds. The smallest absolute Gasteiger partial charge is 0.297 e. The van der Waals surface area contributed by atoms with Crippen LogP contribution in [0.4, 0.5) is 17.1 Å². The second-order valence-corrected chi connectivity index (χ2v) is 24.4. The first kappa shape index (κ1) is 50.2. The maximum atomic E-state index is 14.5. The Kier molecular flexibility index (Phi) is 13.5. The third kappa shape index (κ3) is 10.0. The molecule has 0 radical (unpaired) electrons. The van der Waals surface area contributed by atoms with Gasteiger partial charge in [0.1, 0.15) is 24.6 Å². The van der Waals surface area contributed by atoms with Crippen molar-refractivity contribution < 1.29 is 37.5 Å². The number of likely N-dealkylation sites (tertiary alicyclic amines) is 2.